The van der Waals surface area contributed by atoms with Crippen molar-refractivity contribution >= 4 is 17.3 Å². The van der Waals surface area contributed by atoms with Gasteiger partial charge < -0.3 is 14.6 Å². The van der Waals surface area contributed by atoms with Gasteiger partial charge in [0, 0.05) is 19.0 Å². The molecular formula is C20H31N5OS. The van der Waals surface area contributed by atoms with Crippen molar-refractivity contribution in [2.75, 3.05) is 33.2 Å². The topological polar surface area (TPSA) is 56.9 Å². The minimum atomic E-state index is 0.199. The summed E-state index contributed by atoms with van der Waals surface area (Å²) < 4.78 is 5.96. The maximum Gasteiger partial charge on any atom is 0.194 e. The standard InChI is InChI=1S/C20H31N5OS/c1-5-21-20(24(4)13-17-14-27-16(3)23-17)22-12-18(25-10-6-7-11-25)19-9-8-15(2)26-19/h8-9,14,18H,5-7,10-13H2,1-4H3,(H,21,22). The summed E-state index contributed by atoms with van der Waals surface area (Å²) in [5.41, 5.74) is 1.09. The average molecular weight is 390 g/mol. The van der Waals surface area contributed by atoms with Gasteiger partial charge >= 0.3 is 0 Å². The molecule has 1 N–H and O–H groups in total. The van der Waals surface area contributed by atoms with Crippen LogP contribution in [0.25, 0.3) is 0 Å². The average Bonchev–Trinajstić information content (AvgIpc) is 3.38. The van der Waals surface area contributed by atoms with Crippen LogP contribution in [0.15, 0.2) is 26.9 Å². The van der Waals surface area contributed by atoms with E-state index < -0.39 is 0 Å². The monoisotopic (exact) mass is 389 g/mol. The molecule has 1 saturated heterocycles. The highest BCUT2D eigenvalue weighted by atomic mass is 32.1. The molecule has 0 aromatic carbocycles. The van der Waals surface area contributed by atoms with Crippen LogP contribution < -0.4 is 5.32 Å². The summed E-state index contributed by atoms with van der Waals surface area (Å²) in [6.45, 7) is 10.7. The van der Waals surface area contributed by atoms with Gasteiger partial charge in [-0.25, -0.2) is 4.98 Å². The summed E-state index contributed by atoms with van der Waals surface area (Å²) in [6, 6.07) is 4.34. The number of nitrogens with zero attached hydrogens (tertiary/aromatic N) is 4. The molecule has 3 rings (SSSR count). The Labute approximate surface area is 166 Å². The lowest BCUT2D eigenvalue weighted by molar-refractivity contribution is 0.218. The van der Waals surface area contributed by atoms with Gasteiger partial charge in [0.05, 0.1) is 29.8 Å². The molecule has 0 radical (unpaired) electrons. The predicted molar refractivity (Wildman–Crippen MR) is 111 cm³/mol. The maximum absolute atomic E-state index is 5.96. The van der Waals surface area contributed by atoms with Crippen molar-refractivity contribution in [1.29, 1.82) is 0 Å². The first-order chi connectivity index (χ1) is 13.1. The smallest absolute Gasteiger partial charge is 0.194 e. The highest BCUT2D eigenvalue weighted by molar-refractivity contribution is 7.09. The third-order valence-corrected chi connectivity index (χ3v) is 5.67. The molecule has 0 saturated carbocycles. The Morgan fingerprint density at radius 1 is 1.37 bits per heavy atom. The zero-order valence-corrected chi connectivity index (χ0v) is 17.7. The fourth-order valence-electron chi connectivity index (χ4n) is 3.51. The summed E-state index contributed by atoms with van der Waals surface area (Å²) in [4.78, 5) is 14.2. The van der Waals surface area contributed by atoms with E-state index in [1.54, 1.807) is 11.3 Å². The van der Waals surface area contributed by atoms with Gasteiger partial charge in [-0.15, -0.1) is 11.3 Å². The number of hydrogen-bond donors (Lipinski definition) is 1. The van der Waals surface area contributed by atoms with Crippen molar-refractivity contribution < 1.29 is 4.42 Å². The van der Waals surface area contributed by atoms with Crippen LogP contribution in [0.4, 0.5) is 0 Å². The number of likely N-dealkylation sites (tertiary alicyclic amines) is 1. The van der Waals surface area contributed by atoms with E-state index in [2.05, 4.69) is 45.5 Å². The van der Waals surface area contributed by atoms with Crippen LogP contribution in [-0.4, -0.2) is 54.0 Å². The third-order valence-electron chi connectivity index (χ3n) is 4.85. The number of nitrogens with one attached hydrogen (secondary N) is 1. The van der Waals surface area contributed by atoms with Gasteiger partial charge in [-0.05, 0) is 58.8 Å². The molecule has 2 aromatic rings. The molecule has 0 amide bonds. The van der Waals surface area contributed by atoms with E-state index in [1.807, 2.05) is 19.9 Å². The molecule has 148 valence electrons. The van der Waals surface area contributed by atoms with Crippen LogP contribution in [0.3, 0.4) is 0 Å². The Kier molecular flexibility index (Phi) is 6.90. The fourth-order valence-corrected chi connectivity index (χ4v) is 4.12. The molecule has 27 heavy (non-hydrogen) atoms. The lowest BCUT2D eigenvalue weighted by atomic mass is 10.2. The van der Waals surface area contributed by atoms with Gasteiger partial charge in [0.15, 0.2) is 5.96 Å². The van der Waals surface area contributed by atoms with Gasteiger partial charge in [0.1, 0.15) is 11.5 Å². The Balaban J connectivity index is 1.73. The highest BCUT2D eigenvalue weighted by Gasteiger charge is 2.26. The molecule has 0 aliphatic carbocycles. The SMILES string of the molecule is CCNC(=NCC(c1ccc(C)o1)N1CCCC1)N(C)Cc1csc(C)n1. The van der Waals surface area contributed by atoms with Crippen molar-refractivity contribution in [3.63, 3.8) is 0 Å². The molecular weight excluding hydrogens is 358 g/mol. The molecule has 7 heteroatoms. The molecule has 3 heterocycles. The molecule has 1 fully saturated rings. The van der Waals surface area contributed by atoms with Crippen LogP contribution in [0, 0.1) is 13.8 Å². The van der Waals surface area contributed by atoms with Crippen LogP contribution in [0.1, 0.15) is 48.0 Å². The van der Waals surface area contributed by atoms with Crippen molar-refractivity contribution in [3.8, 4) is 0 Å². The van der Waals surface area contributed by atoms with Crippen molar-refractivity contribution in [3.05, 3.63) is 39.7 Å². The summed E-state index contributed by atoms with van der Waals surface area (Å²) in [5, 5.41) is 6.63. The van der Waals surface area contributed by atoms with Gasteiger partial charge in [0.2, 0.25) is 0 Å². The zero-order chi connectivity index (χ0) is 19.2. The van der Waals surface area contributed by atoms with E-state index in [0.29, 0.717) is 6.54 Å². The number of furan rings is 1. The van der Waals surface area contributed by atoms with Crippen LogP contribution in [0.2, 0.25) is 0 Å². The maximum atomic E-state index is 5.96. The largest absolute Gasteiger partial charge is 0.465 e. The summed E-state index contributed by atoms with van der Waals surface area (Å²) in [7, 11) is 2.07. The third kappa shape index (κ3) is 5.32. The van der Waals surface area contributed by atoms with E-state index in [9.17, 15) is 0 Å². The first-order valence-electron chi connectivity index (χ1n) is 9.77. The molecule has 2 aromatic heterocycles. The summed E-state index contributed by atoms with van der Waals surface area (Å²) in [5.74, 6) is 2.89. The minimum absolute atomic E-state index is 0.199. The van der Waals surface area contributed by atoms with E-state index >= 15 is 0 Å². The second kappa shape index (κ2) is 9.37. The van der Waals surface area contributed by atoms with Gasteiger partial charge in [0.25, 0.3) is 0 Å². The van der Waals surface area contributed by atoms with Crippen molar-refractivity contribution in [2.24, 2.45) is 4.99 Å². The molecule has 0 bridgehead atoms. The van der Waals surface area contributed by atoms with Crippen LogP contribution in [-0.2, 0) is 6.54 Å². The summed E-state index contributed by atoms with van der Waals surface area (Å²) >= 11 is 1.69. The molecule has 1 aliphatic heterocycles. The predicted octanol–water partition coefficient (Wildman–Crippen LogP) is 3.59. The first kappa shape index (κ1) is 19.9. The second-order valence-corrected chi connectivity index (χ2v) is 8.18. The fraction of sp³-hybridized carbons (Fsp3) is 0.600. The molecule has 0 spiro atoms. The normalized spacial score (nSPS) is 16.7. The quantitative estimate of drug-likeness (QED) is 0.579. The van der Waals surface area contributed by atoms with Gasteiger partial charge in [-0.2, -0.15) is 0 Å². The Morgan fingerprint density at radius 2 is 2.15 bits per heavy atom. The number of thiazole rings is 1. The molecule has 1 unspecified atom stereocenters. The second-order valence-electron chi connectivity index (χ2n) is 7.12. The van der Waals surface area contributed by atoms with Crippen LogP contribution >= 0.6 is 11.3 Å². The lowest BCUT2D eigenvalue weighted by Gasteiger charge is -2.26. The molecule has 1 atom stereocenters. The van der Waals surface area contributed by atoms with E-state index in [4.69, 9.17) is 9.41 Å². The Bertz CT molecular complexity index is 747. The van der Waals surface area contributed by atoms with Gasteiger partial charge in [-0.1, -0.05) is 0 Å². The van der Waals surface area contributed by atoms with Crippen molar-refractivity contribution in [1.82, 2.24) is 20.1 Å². The highest BCUT2D eigenvalue weighted by Crippen LogP contribution is 2.27. The number of aryl methyl sites for hydroxylation is 2. The van der Waals surface area contributed by atoms with Crippen molar-refractivity contribution in [2.45, 2.75) is 46.2 Å². The summed E-state index contributed by atoms with van der Waals surface area (Å²) in [6.07, 6.45) is 2.51. The lowest BCUT2D eigenvalue weighted by Crippen LogP contribution is -2.39. The number of aromatic nitrogens is 1. The minimum Gasteiger partial charge on any atom is -0.465 e. The number of hydrogen-bond acceptors (Lipinski definition) is 5. The number of rotatable bonds is 7. The van der Waals surface area contributed by atoms with E-state index in [-0.39, 0.29) is 6.04 Å². The van der Waals surface area contributed by atoms with Gasteiger partial charge in [-0.3, -0.25) is 9.89 Å². The van der Waals surface area contributed by atoms with E-state index in [0.717, 1.165) is 54.4 Å². The number of aliphatic imine (C=N–C) groups is 1. The first-order valence-corrected chi connectivity index (χ1v) is 10.7. The Hall–Kier alpha value is -1.86. The Morgan fingerprint density at radius 3 is 2.74 bits per heavy atom. The number of guanidine groups is 1. The molecule has 1 aliphatic rings. The van der Waals surface area contributed by atoms with E-state index in [1.165, 1.54) is 12.8 Å². The zero-order valence-electron chi connectivity index (χ0n) is 16.9. The molecule has 6 nitrogen and oxygen atoms in total. The van der Waals surface area contributed by atoms with Crippen LogP contribution in [0.5, 0.6) is 0 Å².